The summed E-state index contributed by atoms with van der Waals surface area (Å²) in [6, 6.07) is -0.468. The lowest BCUT2D eigenvalue weighted by atomic mass is 9.96. The predicted octanol–water partition coefficient (Wildman–Crippen LogP) is -0.541. The highest BCUT2D eigenvalue weighted by molar-refractivity contribution is 5.80. The highest BCUT2D eigenvalue weighted by Gasteiger charge is 2.35. The molecular weight excluding hydrogens is 246 g/mol. The Morgan fingerprint density at radius 2 is 1.84 bits per heavy atom. The second kappa shape index (κ2) is 5.88. The molecule has 2 aliphatic heterocycles. The summed E-state index contributed by atoms with van der Waals surface area (Å²) in [6.45, 7) is 8.05. The molecule has 0 aromatic rings. The Morgan fingerprint density at radius 1 is 1.21 bits per heavy atom. The van der Waals surface area contributed by atoms with Crippen molar-refractivity contribution in [2.45, 2.75) is 19.9 Å². The fraction of sp³-hybridized carbons (Fsp3) is 0.846. The molecule has 6 nitrogen and oxygen atoms in total. The Labute approximate surface area is 113 Å². The molecule has 2 N–H and O–H groups in total. The lowest BCUT2D eigenvalue weighted by Crippen LogP contribution is -2.54. The molecule has 2 heterocycles. The quantitative estimate of drug-likeness (QED) is 0.720. The van der Waals surface area contributed by atoms with Gasteiger partial charge < -0.3 is 15.3 Å². The van der Waals surface area contributed by atoms with E-state index in [1.807, 2.05) is 9.80 Å². The second-order valence-corrected chi connectivity index (χ2v) is 5.62. The van der Waals surface area contributed by atoms with Crippen LogP contribution < -0.4 is 5.32 Å². The summed E-state index contributed by atoms with van der Waals surface area (Å²) >= 11 is 0. The number of amides is 1. The van der Waals surface area contributed by atoms with Crippen molar-refractivity contribution in [1.29, 1.82) is 0 Å². The Bertz CT molecular complexity index is 353. The van der Waals surface area contributed by atoms with Crippen LogP contribution in [0.1, 0.15) is 13.8 Å². The van der Waals surface area contributed by atoms with Gasteiger partial charge in [0.2, 0.25) is 5.91 Å². The van der Waals surface area contributed by atoms with Crippen molar-refractivity contribution in [2.75, 3.05) is 39.3 Å². The lowest BCUT2D eigenvalue weighted by Gasteiger charge is -2.37. The highest BCUT2D eigenvalue weighted by Crippen LogP contribution is 2.19. The minimum absolute atomic E-state index is 0.0865. The van der Waals surface area contributed by atoms with Gasteiger partial charge in [-0.15, -0.1) is 0 Å². The first-order valence-corrected chi connectivity index (χ1v) is 6.97. The van der Waals surface area contributed by atoms with E-state index < -0.39 is 12.0 Å². The van der Waals surface area contributed by atoms with E-state index in [9.17, 15) is 9.59 Å². The van der Waals surface area contributed by atoms with Crippen LogP contribution >= 0.6 is 0 Å². The molecule has 1 amide bonds. The molecule has 0 aromatic carbocycles. The van der Waals surface area contributed by atoms with E-state index >= 15 is 0 Å². The molecule has 2 saturated heterocycles. The first-order chi connectivity index (χ1) is 9.00. The van der Waals surface area contributed by atoms with E-state index in [2.05, 4.69) is 12.2 Å². The average molecular weight is 269 g/mol. The maximum absolute atomic E-state index is 12.4. The summed E-state index contributed by atoms with van der Waals surface area (Å²) in [5.41, 5.74) is 0. The van der Waals surface area contributed by atoms with Crippen molar-refractivity contribution in [3.05, 3.63) is 0 Å². The van der Waals surface area contributed by atoms with Gasteiger partial charge in [-0.05, 0) is 19.4 Å². The van der Waals surface area contributed by atoms with Crippen LogP contribution in [0.4, 0.5) is 0 Å². The maximum Gasteiger partial charge on any atom is 0.320 e. The molecule has 2 aliphatic rings. The number of hydrogen-bond acceptors (Lipinski definition) is 4. The molecule has 0 aromatic heterocycles. The second-order valence-electron chi connectivity index (χ2n) is 5.62. The summed E-state index contributed by atoms with van der Waals surface area (Å²) in [7, 11) is 0. The molecule has 2 fully saturated rings. The number of nitrogens with zero attached hydrogens (tertiary/aromatic N) is 2. The molecule has 108 valence electrons. The van der Waals surface area contributed by atoms with Crippen LogP contribution in [-0.2, 0) is 9.59 Å². The van der Waals surface area contributed by atoms with E-state index in [4.69, 9.17) is 5.11 Å². The third-order valence-electron chi connectivity index (χ3n) is 4.37. The van der Waals surface area contributed by atoms with Gasteiger partial charge in [0, 0.05) is 32.7 Å². The molecular formula is C13H23N3O3. The van der Waals surface area contributed by atoms with Gasteiger partial charge >= 0.3 is 5.97 Å². The van der Waals surface area contributed by atoms with Gasteiger partial charge in [0.1, 0.15) is 6.04 Å². The standard InChI is InChI=1S/C13H23N3O3/c1-9-7-14-8-11(9)12(17)16-5-3-15(4-6-16)10(2)13(18)19/h9-11,14H,3-8H2,1-2H3,(H,18,19). The van der Waals surface area contributed by atoms with Gasteiger partial charge in [-0.3, -0.25) is 14.5 Å². The number of carboxylic acid groups (broad SMARTS) is 1. The molecule has 2 rings (SSSR count). The van der Waals surface area contributed by atoms with Crippen molar-refractivity contribution in [2.24, 2.45) is 11.8 Å². The third-order valence-corrected chi connectivity index (χ3v) is 4.37. The number of piperazine rings is 1. The Balaban J connectivity index is 1.86. The number of rotatable bonds is 3. The fourth-order valence-corrected chi connectivity index (χ4v) is 2.86. The minimum atomic E-state index is -0.798. The summed E-state index contributed by atoms with van der Waals surface area (Å²) in [5.74, 6) is -0.0968. The molecule has 0 radical (unpaired) electrons. The van der Waals surface area contributed by atoms with Gasteiger partial charge in [-0.2, -0.15) is 0 Å². The smallest absolute Gasteiger partial charge is 0.320 e. The first-order valence-electron chi connectivity index (χ1n) is 6.97. The number of carbonyl (C=O) groups is 2. The molecule has 0 saturated carbocycles. The Kier molecular flexibility index (Phi) is 4.42. The lowest BCUT2D eigenvalue weighted by molar-refractivity contribution is -0.144. The first kappa shape index (κ1) is 14.3. The summed E-state index contributed by atoms with van der Waals surface area (Å²) < 4.78 is 0. The molecule has 3 atom stereocenters. The van der Waals surface area contributed by atoms with E-state index in [1.165, 1.54) is 0 Å². The monoisotopic (exact) mass is 269 g/mol. The normalized spacial score (nSPS) is 30.3. The minimum Gasteiger partial charge on any atom is -0.480 e. The molecule has 3 unspecified atom stereocenters. The zero-order valence-corrected chi connectivity index (χ0v) is 11.6. The summed E-state index contributed by atoms with van der Waals surface area (Å²) in [6.07, 6.45) is 0. The van der Waals surface area contributed by atoms with Crippen molar-refractivity contribution in [3.8, 4) is 0 Å². The SMILES string of the molecule is CC1CNCC1C(=O)N1CCN(C(C)C(=O)O)CC1. The zero-order valence-electron chi connectivity index (χ0n) is 11.6. The van der Waals surface area contributed by atoms with Crippen molar-refractivity contribution >= 4 is 11.9 Å². The van der Waals surface area contributed by atoms with Gasteiger partial charge in [0.15, 0.2) is 0 Å². The van der Waals surface area contributed by atoms with Gasteiger partial charge in [-0.1, -0.05) is 6.92 Å². The van der Waals surface area contributed by atoms with Crippen molar-refractivity contribution in [3.63, 3.8) is 0 Å². The number of hydrogen-bond donors (Lipinski definition) is 2. The van der Waals surface area contributed by atoms with Crippen LogP contribution in [0, 0.1) is 11.8 Å². The van der Waals surface area contributed by atoms with E-state index in [1.54, 1.807) is 6.92 Å². The zero-order chi connectivity index (χ0) is 14.0. The van der Waals surface area contributed by atoms with Crippen LogP contribution in [0.15, 0.2) is 0 Å². The third kappa shape index (κ3) is 3.06. The Hall–Kier alpha value is -1.14. The highest BCUT2D eigenvalue weighted by atomic mass is 16.4. The summed E-state index contributed by atoms with van der Waals surface area (Å²) in [4.78, 5) is 27.1. The predicted molar refractivity (Wildman–Crippen MR) is 70.8 cm³/mol. The van der Waals surface area contributed by atoms with E-state index in [0.717, 1.165) is 13.1 Å². The van der Waals surface area contributed by atoms with Gasteiger partial charge in [-0.25, -0.2) is 0 Å². The molecule has 19 heavy (non-hydrogen) atoms. The van der Waals surface area contributed by atoms with E-state index in [0.29, 0.717) is 32.1 Å². The molecule has 0 spiro atoms. The van der Waals surface area contributed by atoms with Crippen LogP contribution in [0.25, 0.3) is 0 Å². The van der Waals surface area contributed by atoms with Gasteiger partial charge in [0.25, 0.3) is 0 Å². The number of carboxylic acids is 1. The average Bonchev–Trinajstić information content (AvgIpc) is 2.83. The largest absolute Gasteiger partial charge is 0.480 e. The fourth-order valence-electron chi connectivity index (χ4n) is 2.86. The number of carbonyl (C=O) groups excluding carboxylic acids is 1. The molecule has 6 heteroatoms. The maximum atomic E-state index is 12.4. The molecule has 0 bridgehead atoms. The van der Waals surface area contributed by atoms with Crippen molar-refractivity contribution < 1.29 is 14.7 Å². The summed E-state index contributed by atoms with van der Waals surface area (Å²) in [5, 5.41) is 12.2. The van der Waals surface area contributed by atoms with Gasteiger partial charge in [0.05, 0.1) is 5.92 Å². The topological polar surface area (TPSA) is 72.9 Å². The Morgan fingerprint density at radius 3 is 2.32 bits per heavy atom. The van der Waals surface area contributed by atoms with E-state index in [-0.39, 0.29) is 11.8 Å². The van der Waals surface area contributed by atoms with Crippen LogP contribution in [0.5, 0.6) is 0 Å². The van der Waals surface area contributed by atoms with Crippen molar-refractivity contribution in [1.82, 2.24) is 15.1 Å². The van der Waals surface area contributed by atoms with Crippen LogP contribution in [0.2, 0.25) is 0 Å². The van der Waals surface area contributed by atoms with Crippen LogP contribution in [0.3, 0.4) is 0 Å². The number of aliphatic carboxylic acids is 1. The molecule has 0 aliphatic carbocycles. The number of nitrogens with one attached hydrogen (secondary N) is 1. The van der Waals surface area contributed by atoms with Crippen LogP contribution in [-0.4, -0.2) is 72.1 Å².